The number of nitrogens with zero attached hydrogens (tertiary/aromatic N) is 1. The van der Waals surface area contributed by atoms with Crippen LogP contribution in [0.4, 0.5) is 5.69 Å². The van der Waals surface area contributed by atoms with Crippen LogP contribution in [0.25, 0.3) is 0 Å². The van der Waals surface area contributed by atoms with Crippen molar-refractivity contribution in [3.05, 3.63) is 39.9 Å². The van der Waals surface area contributed by atoms with Crippen molar-refractivity contribution in [2.45, 2.75) is 58.0 Å². The standard InChI is InChI=1S/C16H24N2O2/c1-2-13-5-3-7-15(10-9-13)17-12-14-6-4-8-16(11-14)18(19)20/h4,6,8,11,13,15,17H,2-3,5,7,9-10,12H2,1H3. The lowest BCUT2D eigenvalue weighted by atomic mass is 9.98. The topological polar surface area (TPSA) is 55.2 Å². The van der Waals surface area contributed by atoms with E-state index in [4.69, 9.17) is 0 Å². The van der Waals surface area contributed by atoms with Crippen LogP contribution in [-0.4, -0.2) is 11.0 Å². The summed E-state index contributed by atoms with van der Waals surface area (Å²) in [6.07, 6.45) is 7.70. The molecule has 1 saturated carbocycles. The Morgan fingerprint density at radius 3 is 2.90 bits per heavy atom. The second-order valence-corrected chi connectivity index (χ2v) is 5.79. The van der Waals surface area contributed by atoms with Crippen molar-refractivity contribution < 1.29 is 4.92 Å². The number of hydrogen-bond donors (Lipinski definition) is 1. The third kappa shape index (κ3) is 4.30. The first kappa shape index (κ1) is 15.0. The molecule has 0 bridgehead atoms. The van der Waals surface area contributed by atoms with Gasteiger partial charge in [0.1, 0.15) is 0 Å². The van der Waals surface area contributed by atoms with Gasteiger partial charge >= 0.3 is 0 Å². The summed E-state index contributed by atoms with van der Waals surface area (Å²) in [5.74, 6) is 0.889. The van der Waals surface area contributed by atoms with Gasteiger partial charge in [0.25, 0.3) is 5.69 Å². The van der Waals surface area contributed by atoms with Crippen LogP contribution in [0.5, 0.6) is 0 Å². The van der Waals surface area contributed by atoms with Crippen molar-refractivity contribution in [3.8, 4) is 0 Å². The van der Waals surface area contributed by atoms with Gasteiger partial charge in [-0.25, -0.2) is 0 Å². The summed E-state index contributed by atoms with van der Waals surface area (Å²) in [6.45, 7) is 3.00. The van der Waals surface area contributed by atoms with Crippen LogP contribution >= 0.6 is 0 Å². The summed E-state index contributed by atoms with van der Waals surface area (Å²) in [4.78, 5) is 10.4. The van der Waals surface area contributed by atoms with E-state index in [-0.39, 0.29) is 10.6 Å². The lowest BCUT2D eigenvalue weighted by molar-refractivity contribution is -0.384. The van der Waals surface area contributed by atoms with Crippen molar-refractivity contribution in [1.82, 2.24) is 5.32 Å². The van der Waals surface area contributed by atoms with Gasteiger partial charge < -0.3 is 5.32 Å². The maximum Gasteiger partial charge on any atom is 0.269 e. The molecular formula is C16H24N2O2. The Balaban J connectivity index is 1.85. The molecule has 0 aromatic heterocycles. The maximum atomic E-state index is 10.8. The number of nitro benzene ring substituents is 1. The van der Waals surface area contributed by atoms with Crippen LogP contribution < -0.4 is 5.32 Å². The molecule has 2 atom stereocenters. The Kier molecular flexibility index (Phi) is 5.53. The van der Waals surface area contributed by atoms with Crippen LogP contribution in [0, 0.1) is 16.0 Å². The predicted molar refractivity (Wildman–Crippen MR) is 80.6 cm³/mol. The van der Waals surface area contributed by atoms with Crippen molar-refractivity contribution in [1.29, 1.82) is 0 Å². The van der Waals surface area contributed by atoms with E-state index in [0.717, 1.165) is 18.0 Å². The Bertz CT molecular complexity index is 448. The van der Waals surface area contributed by atoms with Gasteiger partial charge in [-0.2, -0.15) is 0 Å². The monoisotopic (exact) mass is 276 g/mol. The molecule has 1 fully saturated rings. The summed E-state index contributed by atoms with van der Waals surface area (Å²) in [6, 6.07) is 7.48. The second kappa shape index (κ2) is 7.39. The van der Waals surface area contributed by atoms with Crippen LogP contribution in [0.3, 0.4) is 0 Å². The maximum absolute atomic E-state index is 10.8. The highest BCUT2D eigenvalue weighted by atomic mass is 16.6. The average Bonchev–Trinajstić information content (AvgIpc) is 2.70. The Labute approximate surface area is 120 Å². The van der Waals surface area contributed by atoms with Crippen LogP contribution in [0.15, 0.2) is 24.3 Å². The first-order chi connectivity index (χ1) is 9.69. The van der Waals surface area contributed by atoms with E-state index >= 15 is 0 Å². The zero-order chi connectivity index (χ0) is 14.4. The molecule has 2 rings (SSSR count). The SMILES string of the molecule is CCC1CCCC(NCc2cccc([N+](=O)[O-])c2)CC1. The highest BCUT2D eigenvalue weighted by molar-refractivity contribution is 5.34. The molecule has 1 aromatic rings. The summed E-state index contributed by atoms with van der Waals surface area (Å²) >= 11 is 0. The lowest BCUT2D eigenvalue weighted by Crippen LogP contribution is -2.28. The molecule has 1 aliphatic rings. The first-order valence-electron chi connectivity index (χ1n) is 7.65. The minimum atomic E-state index is -0.332. The molecule has 4 nitrogen and oxygen atoms in total. The minimum Gasteiger partial charge on any atom is -0.310 e. The molecule has 0 radical (unpaired) electrons. The number of nitrogens with one attached hydrogen (secondary N) is 1. The second-order valence-electron chi connectivity index (χ2n) is 5.79. The Hall–Kier alpha value is -1.42. The molecule has 0 spiro atoms. The van der Waals surface area contributed by atoms with Gasteiger partial charge in [0, 0.05) is 24.7 Å². The molecule has 0 saturated heterocycles. The largest absolute Gasteiger partial charge is 0.310 e. The van der Waals surface area contributed by atoms with Crippen molar-refractivity contribution in [3.63, 3.8) is 0 Å². The number of benzene rings is 1. The predicted octanol–water partition coefficient (Wildman–Crippen LogP) is 4.04. The van der Waals surface area contributed by atoms with Crippen molar-refractivity contribution >= 4 is 5.69 Å². The summed E-state index contributed by atoms with van der Waals surface area (Å²) in [7, 11) is 0. The Morgan fingerprint density at radius 2 is 2.15 bits per heavy atom. The number of rotatable bonds is 5. The number of hydrogen-bond acceptors (Lipinski definition) is 3. The van der Waals surface area contributed by atoms with Gasteiger partial charge in [0.15, 0.2) is 0 Å². The molecule has 0 heterocycles. The fraction of sp³-hybridized carbons (Fsp3) is 0.625. The van der Waals surface area contributed by atoms with E-state index in [1.807, 2.05) is 6.07 Å². The number of non-ortho nitro benzene ring substituents is 1. The lowest BCUT2D eigenvalue weighted by Gasteiger charge is -2.16. The molecule has 20 heavy (non-hydrogen) atoms. The highest BCUT2D eigenvalue weighted by Crippen LogP contribution is 2.25. The zero-order valence-electron chi connectivity index (χ0n) is 12.2. The van der Waals surface area contributed by atoms with Crippen LogP contribution in [0.2, 0.25) is 0 Å². The van der Waals surface area contributed by atoms with E-state index < -0.39 is 0 Å². The molecule has 4 heteroatoms. The Morgan fingerprint density at radius 1 is 1.30 bits per heavy atom. The molecule has 0 aliphatic heterocycles. The molecule has 110 valence electrons. The van der Waals surface area contributed by atoms with E-state index in [9.17, 15) is 10.1 Å². The summed E-state index contributed by atoms with van der Waals surface area (Å²) in [5.41, 5.74) is 1.17. The van der Waals surface area contributed by atoms with Gasteiger partial charge in [-0.3, -0.25) is 10.1 Å². The molecule has 1 aromatic carbocycles. The molecular weight excluding hydrogens is 252 g/mol. The smallest absolute Gasteiger partial charge is 0.269 e. The van der Waals surface area contributed by atoms with Crippen molar-refractivity contribution in [2.75, 3.05) is 0 Å². The third-order valence-corrected chi connectivity index (χ3v) is 4.38. The van der Waals surface area contributed by atoms with E-state index in [0.29, 0.717) is 6.04 Å². The normalized spacial score (nSPS) is 23.2. The van der Waals surface area contributed by atoms with Gasteiger partial charge in [-0.1, -0.05) is 38.3 Å². The van der Waals surface area contributed by atoms with Crippen LogP contribution in [0.1, 0.15) is 51.0 Å². The third-order valence-electron chi connectivity index (χ3n) is 4.38. The number of nitro groups is 1. The zero-order valence-corrected chi connectivity index (χ0v) is 12.2. The molecule has 0 amide bonds. The minimum absolute atomic E-state index is 0.177. The van der Waals surface area contributed by atoms with Crippen LogP contribution in [-0.2, 0) is 6.54 Å². The quantitative estimate of drug-likeness (QED) is 0.501. The van der Waals surface area contributed by atoms with E-state index in [2.05, 4.69) is 12.2 Å². The molecule has 1 aliphatic carbocycles. The van der Waals surface area contributed by atoms with Gasteiger partial charge in [-0.05, 0) is 30.7 Å². The van der Waals surface area contributed by atoms with Crippen molar-refractivity contribution in [2.24, 2.45) is 5.92 Å². The molecule has 1 N–H and O–H groups in total. The van der Waals surface area contributed by atoms with Gasteiger partial charge in [-0.15, -0.1) is 0 Å². The van der Waals surface area contributed by atoms with E-state index in [1.54, 1.807) is 18.2 Å². The van der Waals surface area contributed by atoms with Gasteiger partial charge in [0.05, 0.1) is 4.92 Å². The summed E-state index contributed by atoms with van der Waals surface area (Å²) in [5, 5.41) is 14.3. The fourth-order valence-electron chi connectivity index (χ4n) is 3.03. The first-order valence-corrected chi connectivity index (χ1v) is 7.65. The molecule has 2 unspecified atom stereocenters. The van der Waals surface area contributed by atoms with E-state index in [1.165, 1.54) is 38.5 Å². The highest BCUT2D eigenvalue weighted by Gasteiger charge is 2.17. The average molecular weight is 276 g/mol. The summed E-state index contributed by atoms with van der Waals surface area (Å²) < 4.78 is 0. The fourth-order valence-corrected chi connectivity index (χ4v) is 3.03. The van der Waals surface area contributed by atoms with Gasteiger partial charge in [0.2, 0.25) is 0 Å².